The second-order valence-corrected chi connectivity index (χ2v) is 28.7. The van der Waals surface area contributed by atoms with Crippen molar-refractivity contribution in [3.05, 3.63) is 237 Å². The fourth-order valence-electron chi connectivity index (χ4n) is 13.5. The number of aliphatic hydroxyl groups excluding tert-OH is 2. The van der Waals surface area contributed by atoms with E-state index in [-0.39, 0.29) is 59.9 Å². The molecule has 4 aromatic carbocycles. The van der Waals surface area contributed by atoms with Crippen molar-refractivity contribution >= 4 is 112 Å². The van der Waals surface area contributed by atoms with Crippen LogP contribution in [0.15, 0.2) is 194 Å². The average Bonchev–Trinajstić information content (AvgIpc) is 1.72. The van der Waals surface area contributed by atoms with Gasteiger partial charge in [0.25, 0.3) is 0 Å². The van der Waals surface area contributed by atoms with Crippen molar-refractivity contribution in [1.29, 1.82) is 0 Å². The van der Waals surface area contributed by atoms with Crippen LogP contribution in [0.25, 0.3) is 24.3 Å². The molecule has 0 saturated heterocycles. The molecule has 15 atom stereocenters. The predicted molar refractivity (Wildman–Crippen MR) is 405 cm³/mol. The van der Waals surface area contributed by atoms with Crippen LogP contribution in [0.2, 0.25) is 20.1 Å². The molecule has 552 valence electrons. The van der Waals surface area contributed by atoms with Crippen LogP contribution in [0, 0.1) is 35.5 Å². The Hall–Kier alpha value is -8.35. The number of allylic oxidation sites excluding steroid dienone is 6. The lowest BCUT2D eigenvalue weighted by Crippen LogP contribution is -2.27. The van der Waals surface area contributed by atoms with Crippen LogP contribution in [0.5, 0.6) is 0 Å². The molecule has 0 aromatic heterocycles. The van der Waals surface area contributed by atoms with E-state index in [2.05, 4.69) is 36.5 Å². The lowest BCUT2D eigenvalue weighted by Gasteiger charge is -2.24. The maximum atomic E-state index is 12.9. The summed E-state index contributed by atoms with van der Waals surface area (Å²) in [6.45, 7) is 5.61. The molecule has 3 saturated carbocycles. The number of esters is 7. The molecule has 0 spiro atoms. The van der Waals surface area contributed by atoms with Gasteiger partial charge in [-0.2, -0.15) is 0 Å². The van der Waals surface area contributed by atoms with E-state index >= 15 is 0 Å². The van der Waals surface area contributed by atoms with Gasteiger partial charge in [-0.15, -0.1) is 0 Å². The van der Waals surface area contributed by atoms with E-state index in [4.69, 9.17) is 79.6 Å². The van der Waals surface area contributed by atoms with E-state index in [1.54, 1.807) is 103 Å². The zero-order valence-electron chi connectivity index (χ0n) is 58.7. The van der Waals surface area contributed by atoms with Crippen molar-refractivity contribution < 1.29 is 76.9 Å². The first-order valence-electron chi connectivity index (χ1n) is 35.7. The number of hydrogen-bond donors (Lipinski definition) is 2. The molecule has 10 rings (SSSR count). The number of aliphatic hydroxyl groups is 2. The first-order chi connectivity index (χ1) is 50.0. The van der Waals surface area contributed by atoms with E-state index in [0.29, 0.717) is 58.6 Å². The molecule has 4 aromatic rings. The van der Waals surface area contributed by atoms with Gasteiger partial charge in [-0.25, -0.2) is 33.6 Å². The lowest BCUT2D eigenvalue weighted by atomic mass is 9.89. The van der Waals surface area contributed by atoms with Crippen molar-refractivity contribution in [3.8, 4) is 0 Å². The van der Waals surface area contributed by atoms with Crippen molar-refractivity contribution in [1.82, 2.24) is 0 Å². The number of ether oxygens (including phenoxy) is 7. The Bertz CT molecular complexity index is 3850. The molecule has 3 fully saturated rings. The standard InChI is InChI=1S/C34H34Cl2O6.2C25H29ClO5/c1-23-7-3-2-4-10-26-21-29(41-33(38)16-13-24-8-5-11-27(35)19-24)22-30(26)31(15-18-32(37)40-23)42-34(39)17-14-25-9-6-12-28(36)20-25;1-17-6-3-2-4-8-19-15-21(16-22(19)23(27)11-13-24(28)30-17)31-25(29)12-10-18-7-5-9-20(26)14-18;1-17-6-3-2-4-8-19-15-21(27)16-22(19)23(11-13-24(28)30-17)31-25(29)12-10-18-7-5-9-20(26)14-18/h4-6,8-20,23,26,29-31H,2-3,7,21-22H2,1H3;2*4-5,7-14,17,19,21-23,27H,2-3,6,15-16H2,1H3/b10-4+,16-13+,17-14+,18-15+;2*8-4+,12-10+,13-11+/t23-,26+,29-,30+,31+;2*17-,19+,21-,22+,23+/m000/s1. The topological polar surface area (TPSA) is 225 Å². The fourth-order valence-corrected chi connectivity index (χ4v) is 14.3. The van der Waals surface area contributed by atoms with E-state index < -0.39 is 72.3 Å². The second-order valence-electron chi connectivity index (χ2n) is 26.9. The largest absolute Gasteiger partial charge is 0.460 e. The minimum absolute atomic E-state index is 0.0340. The number of benzene rings is 4. The second kappa shape index (κ2) is 42.6. The molecule has 0 unspecified atom stereocenters. The molecule has 0 radical (unpaired) electrons. The van der Waals surface area contributed by atoms with Gasteiger partial charge in [0.05, 0.1) is 30.5 Å². The summed E-state index contributed by atoms with van der Waals surface area (Å²) in [4.78, 5) is 87.0. The first kappa shape index (κ1) is 81.3. The fraction of sp³-hybridized carbons (Fsp3) is 0.393. The van der Waals surface area contributed by atoms with E-state index in [0.717, 1.165) is 80.0 Å². The molecular weight excluding hydrogens is 1410 g/mol. The van der Waals surface area contributed by atoms with E-state index in [9.17, 15) is 43.8 Å². The summed E-state index contributed by atoms with van der Waals surface area (Å²) < 4.78 is 39.2. The quantitative estimate of drug-likeness (QED) is 0.0582. The molecule has 104 heavy (non-hydrogen) atoms. The van der Waals surface area contributed by atoms with Gasteiger partial charge < -0.3 is 43.4 Å². The molecule has 2 N–H and O–H groups in total. The number of carbonyl (C=O) groups excluding carboxylic acids is 7. The molecule has 3 aliphatic carbocycles. The molecular formula is C84H92Cl4O16. The predicted octanol–water partition coefficient (Wildman–Crippen LogP) is 17.6. The van der Waals surface area contributed by atoms with Gasteiger partial charge in [-0.1, -0.05) is 131 Å². The Labute approximate surface area is 629 Å². The van der Waals surface area contributed by atoms with Gasteiger partial charge >= 0.3 is 41.8 Å². The number of fused-ring (bicyclic) bond motifs is 3. The SMILES string of the molecule is C[C@H]1CCC/C=C/[C@@H]2C[C@H](O)C[C@H]2[C@H](OC(=O)/C=C/c2cccc(Cl)c2)/C=C/C(=O)O1.C[C@H]1CCC/C=C/[C@@H]2C[C@H](OC(=O)/C=C/c3cccc(Cl)c3)C[C@H]2[C@H](O)/C=C/C(=O)O1.C[C@H]1CCC/C=C/[C@@H]2C[C@H](OC(=O)/C=C/c3cccc(Cl)c3)C[C@H]2[C@H](OC(=O)/C=C/c2cccc(Cl)c2)/C=C/C(=O)O1. The molecule has 0 bridgehead atoms. The maximum absolute atomic E-state index is 12.9. The first-order valence-corrected chi connectivity index (χ1v) is 37.2. The van der Waals surface area contributed by atoms with Crippen LogP contribution in [-0.4, -0.2) is 107 Å². The van der Waals surface area contributed by atoms with Gasteiger partial charge in [-0.3, -0.25) is 0 Å². The highest BCUT2D eigenvalue weighted by molar-refractivity contribution is 6.31. The van der Waals surface area contributed by atoms with Crippen LogP contribution in [-0.2, 0) is 66.7 Å². The molecule has 20 heteroatoms. The number of rotatable bonds is 12. The number of hydrogen-bond acceptors (Lipinski definition) is 16. The third-order valence-corrected chi connectivity index (χ3v) is 19.5. The summed E-state index contributed by atoms with van der Waals surface area (Å²) in [6, 6.07) is 28.6. The third kappa shape index (κ3) is 28.9. The highest BCUT2D eigenvalue weighted by Crippen LogP contribution is 2.41. The maximum Gasteiger partial charge on any atom is 0.331 e. The summed E-state index contributed by atoms with van der Waals surface area (Å²) >= 11 is 24.0. The lowest BCUT2D eigenvalue weighted by molar-refractivity contribution is -0.146. The summed E-state index contributed by atoms with van der Waals surface area (Å²) in [5.41, 5.74) is 3.14. The number of halogens is 4. The molecule has 6 aliphatic rings. The highest BCUT2D eigenvalue weighted by atomic mass is 35.5. The Balaban J connectivity index is 0.000000201. The van der Waals surface area contributed by atoms with Crippen LogP contribution in [0.1, 0.15) is 139 Å². The van der Waals surface area contributed by atoms with E-state index in [1.807, 2.05) is 51.1 Å². The highest BCUT2D eigenvalue weighted by Gasteiger charge is 2.42. The van der Waals surface area contributed by atoms with E-state index in [1.165, 1.54) is 48.6 Å². The van der Waals surface area contributed by atoms with Crippen molar-refractivity contribution in [2.75, 3.05) is 0 Å². The molecule has 3 heterocycles. The smallest absolute Gasteiger partial charge is 0.331 e. The summed E-state index contributed by atoms with van der Waals surface area (Å²) in [7, 11) is 0. The monoisotopic (exact) mass is 1500 g/mol. The van der Waals surface area contributed by atoms with Gasteiger partial charge in [0.1, 0.15) is 24.4 Å². The molecule has 0 amide bonds. The Morgan fingerprint density at radius 3 is 1.09 bits per heavy atom. The number of carbonyl (C=O) groups is 7. The average molecular weight is 1500 g/mol. The van der Waals surface area contributed by atoms with Gasteiger partial charge in [0.15, 0.2) is 0 Å². The van der Waals surface area contributed by atoms with Crippen LogP contribution < -0.4 is 0 Å². The summed E-state index contributed by atoms with van der Waals surface area (Å²) in [5.74, 6) is -3.73. The van der Waals surface area contributed by atoms with Crippen molar-refractivity contribution in [2.45, 2.75) is 172 Å². The van der Waals surface area contributed by atoms with Crippen LogP contribution in [0.4, 0.5) is 0 Å². The zero-order chi connectivity index (χ0) is 74.3. The third-order valence-electron chi connectivity index (χ3n) is 18.6. The minimum atomic E-state index is -0.816. The van der Waals surface area contributed by atoms with Crippen LogP contribution >= 0.6 is 46.4 Å². The normalized spacial score (nSPS) is 29.5. The van der Waals surface area contributed by atoms with Crippen molar-refractivity contribution in [3.63, 3.8) is 0 Å². The van der Waals surface area contributed by atoms with Gasteiger partial charge in [0, 0.05) is 74.5 Å². The Morgan fingerprint density at radius 2 is 0.721 bits per heavy atom. The van der Waals surface area contributed by atoms with Gasteiger partial charge in [0.2, 0.25) is 0 Å². The van der Waals surface area contributed by atoms with Gasteiger partial charge in [-0.05, 0) is 254 Å². The molecule has 16 nitrogen and oxygen atoms in total. The zero-order valence-corrected chi connectivity index (χ0v) is 61.7. The summed E-state index contributed by atoms with van der Waals surface area (Å²) in [5, 5.41) is 23.2. The van der Waals surface area contributed by atoms with Crippen molar-refractivity contribution in [2.24, 2.45) is 35.5 Å². The minimum Gasteiger partial charge on any atom is -0.460 e. The molecule has 3 aliphatic heterocycles. The number of cyclic esters (lactones) is 3. The van der Waals surface area contributed by atoms with Crippen LogP contribution in [0.3, 0.4) is 0 Å². The summed E-state index contributed by atoms with van der Waals surface area (Å²) in [6.07, 6.45) is 40.3. The Morgan fingerprint density at radius 1 is 0.404 bits per heavy atom. The Kier molecular flexibility index (Phi) is 33.3.